The fourth-order valence-electron chi connectivity index (χ4n) is 12.0. The molecule has 0 saturated carbocycles. The van der Waals surface area contributed by atoms with E-state index in [9.17, 15) is 0 Å². The Balaban J connectivity index is 1.06. The number of anilines is 4. The lowest BCUT2D eigenvalue weighted by Gasteiger charge is -2.42. The van der Waals surface area contributed by atoms with Gasteiger partial charge in [0.05, 0.1) is 45.2 Å². The van der Waals surface area contributed by atoms with E-state index >= 15 is 0 Å². The van der Waals surface area contributed by atoms with E-state index in [0.717, 1.165) is 12.1 Å². The maximum absolute atomic E-state index is 2.70. The van der Waals surface area contributed by atoms with Crippen LogP contribution < -0.4 is 9.80 Å². The number of rotatable bonds is 6. The third-order valence-electron chi connectivity index (χ3n) is 14.6. The Kier molecular flexibility index (Phi) is 7.92. The van der Waals surface area contributed by atoms with Gasteiger partial charge in [0.2, 0.25) is 0 Å². The summed E-state index contributed by atoms with van der Waals surface area (Å²) in [7, 11) is 0. The van der Waals surface area contributed by atoms with E-state index in [1.807, 2.05) is 0 Å². The van der Waals surface area contributed by atoms with Crippen LogP contribution in [0.15, 0.2) is 175 Å². The van der Waals surface area contributed by atoms with Crippen LogP contribution >= 0.6 is 0 Å². The fourth-order valence-corrected chi connectivity index (χ4v) is 12.0. The summed E-state index contributed by atoms with van der Waals surface area (Å²) in [5.74, 6) is 0.391. The van der Waals surface area contributed by atoms with Gasteiger partial charge in [-0.15, -0.1) is 0 Å². The lowest BCUT2D eigenvalue weighted by molar-refractivity contribution is 0.521. The number of fused-ring (bicyclic) bond motifs is 12. The molecule has 310 valence electrons. The molecule has 0 aliphatic heterocycles. The minimum atomic E-state index is 0.256. The molecule has 4 heterocycles. The third-order valence-corrected chi connectivity index (χ3v) is 14.6. The summed E-state index contributed by atoms with van der Waals surface area (Å²) in [4.78, 5) is 5.14. The van der Waals surface area contributed by atoms with Crippen molar-refractivity contribution in [1.82, 2.24) is 8.80 Å². The molecule has 4 nitrogen and oxygen atoms in total. The Morgan fingerprint density at radius 3 is 1.67 bits per heavy atom. The highest BCUT2D eigenvalue weighted by Crippen LogP contribution is 2.47. The van der Waals surface area contributed by atoms with Crippen molar-refractivity contribution in [2.24, 2.45) is 5.92 Å². The average Bonchev–Trinajstić information content (AvgIpc) is 4.00. The van der Waals surface area contributed by atoms with Crippen LogP contribution in [0, 0.1) is 26.7 Å². The maximum Gasteiger partial charge on any atom is 0.0620 e. The predicted molar refractivity (Wildman–Crippen MR) is 274 cm³/mol. The molecule has 0 spiro atoms. The van der Waals surface area contributed by atoms with Crippen molar-refractivity contribution in [3.63, 3.8) is 0 Å². The van der Waals surface area contributed by atoms with Crippen molar-refractivity contribution in [3.05, 3.63) is 192 Å². The fraction of sp³-hybridized carbons (Fsp3) is 0.167. The quantitative estimate of drug-likeness (QED) is 0.166. The molecular formula is C60H50N4. The molecule has 0 amide bonds. The van der Waals surface area contributed by atoms with Gasteiger partial charge in [0, 0.05) is 65.8 Å². The van der Waals surface area contributed by atoms with Gasteiger partial charge < -0.3 is 18.6 Å². The van der Waals surface area contributed by atoms with Gasteiger partial charge in [-0.25, -0.2) is 0 Å². The van der Waals surface area contributed by atoms with Crippen molar-refractivity contribution >= 4 is 98.9 Å². The second kappa shape index (κ2) is 13.6. The summed E-state index contributed by atoms with van der Waals surface area (Å²) in [6, 6.07) is 49.3. The molecule has 13 rings (SSSR count). The van der Waals surface area contributed by atoms with E-state index in [1.54, 1.807) is 0 Å². The van der Waals surface area contributed by atoms with Crippen molar-refractivity contribution in [3.8, 4) is 0 Å². The van der Waals surface area contributed by atoms with Gasteiger partial charge in [-0.1, -0.05) is 127 Å². The zero-order chi connectivity index (χ0) is 43.1. The molecule has 0 bridgehead atoms. The summed E-state index contributed by atoms with van der Waals surface area (Å²) in [5.41, 5.74) is 18.9. The normalized spacial score (nSPS) is 18.0. The number of hydrogen-bond donors (Lipinski definition) is 0. The van der Waals surface area contributed by atoms with Gasteiger partial charge in [0.1, 0.15) is 0 Å². The zero-order valence-corrected chi connectivity index (χ0v) is 37.3. The molecular weight excluding hydrogens is 777 g/mol. The van der Waals surface area contributed by atoms with Crippen LogP contribution in [0.2, 0.25) is 0 Å². The van der Waals surface area contributed by atoms with E-state index in [0.29, 0.717) is 5.92 Å². The van der Waals surface area contributed by atoms with E-state index < -0.39 is 0 Å². The maximum atomic E-state index is 2.70. The number of aromatic nitrogens is 2. The number of hydrogen-bond acceptors (Lipinski definition) is 2. The van der Waals surface area contributed by atoms with Gasteiger partial charge in [0.25, 0.3) is 0 Å². The van der Waals surface area contributed by atoms with Crippen LogP contribution in [0.4, 0.5) is 22.7 Å². The standard InChI is InChI=1S/C60H50N4/c1-35-25-36(2)28-43(27-35)61(53-19-9-7-13-39(53)5)41-21-23-45-47-15-11-17-49-51-34-58-52(33-57(51)63(59(47)49)55(45)31-41)50-18-12-16-48-46-24-22-42(32-56(46)64(58)60(48)50)62(54-20-10-8-14-40(54)6)44-29-37(3)26-38(4)30-44/h7-29,31-34,40,44,54H,30H2,1-6H3. The van der Waals surface area contributed by atoms with Gasteiger partial charge in [-0.3, -0.25) is 0 Å². The molecule has 64 heavy (non-hydrogen) atoms. The molecule has 7 aromatic carbocycles. The molecule has 0 saturated heterocycles. The highest BCUT2D eigenvalue weighted by Gasteiger charge is 2.31. The lowest BCUT2D eigenvalue weighted by Crippen LogP contribution is -2.46. The summed E-state index contributed by atoms with van der Waals surface area (Å²) in [6.45, 7) is 13.5. The van der Waals surface area contributed by atoms with Crippen molar-refractivity contribution in [2.45, 2.75) is 60.0 Å². The number of benzene rings is 7. The van der Waals surface area contributed by atoms with E-state index in [4.69, 9.17) is 0 Å². The zero-order valence-electron chi connectivity index (χ0n) is 37.3. The highest BCUT2D eigenvalue weighted by molar-refractivity contribution is 6.29. The highest BCUT2D eigenvalue weighted by atomic mass is 15.2. The van der Waals surface area contributed by atoms with Crippen LogP contribution in [0.25, 0.3) is 76.2 Å². The Bertz CT molecular complexity index is 3850. The third kappa shape index (κ3) is 5.29. The molecule has 2 aliphatic carbocycles. The summed E-state index contributed by atoms with van der Waals surface area (Å²) < 4.78 is 5.14. The molecule has 3 atom stereocenters. The summed E-state index contributed by atoms with van der Waals surface area (Å²) in [5, 5.41) is 10.4. The Morgan fingerprint density at radius 1 is 0.500 bits per heavy atom. The minimum absolute atomic E-state index is 0.256. The second-order valence-electron chi connectivity index (χ2n) is 19.0. The molecule has 11 aromatic rings. The molecule has 3 unspecified atom stereocenters. The smallest absolute Gasteiger partial charge is 0.0620 e. The monoisotopic (exact) mass is 826 g/mol. The number of allylic oxidation sites excluding steroid dienone is 4. The van der Waals surface area contributed by atoms with Crippen LogP contribution in [0.1, 0.15) is 43.9 Å². The Hall–Kier alpha value is -7.30. The first-order valence-corrected chi connectivity index (χ1v) is 23.0. The largest absolute Gasteiger partial charge is 0.358 e. The molecule has 4 heteroatoms. The Morgan fingerprint density at radius 2 is 1.06 bits per heavy atom. The summed E-state index contributed by atoms with van der Waals surface area (Å²) >= 11 is 0. The van der Waals surface area contributed by atoms with Gasteiger partial charge in [-0.2, -0.15) is 0 Å². The molecule has 0 radical (unpaired) electrons. The van der Waals surface area contributed by atoms with E-state index in [-0.39, 0.29) is 12.1 Å². The first kappa shape index (κ1) is 37.3. The first-order valence-electron chi connectivity index (χ1n) is 23.0. The first-order chi connectivity index (χ1) is 31.2. The topological polar surface area (TPSA) is 15.3 Å². The van der Waals surface area contributed by atoms with E-state index in [2.05, 4.69) is 224 Å². The van der Waals surface area contributed by atoms with E-state index in [1.165, 1.54) is 121 Å². The summed E-state index contributed by atoms with van der Waals surface area (Å²) in [6.07, 6.45) is 15.1. The molecule has 0 fully saturated rings. The predicted octanol–water partition coefficient (Wildman–Crippen LogP) is 16.0. The van der Waals surface area contributed by atoms with Gasteiger partial charge in [0.15, 0.2) is 0 Å². The van der Waals surface area contributed by atoms with Crippen LogP contribution in [0.5, 0.6) is 0 Å². The van der Waals surface area contributed by atoms with Gasteiger partial charge in [-0.05, 0) is 118 Å². The van der Waals surface area contributed by atoms with Crippen molar-refractivity contribution in [1.29, 1.82) is 0 Å². The van der Waals surface area contributed by atoms with Crippen LogP contribution in [0.3, 0.4) is 0 Å². The molecule has 0 N–H and O–H groups in total. The molecule has 2 aliphatic rings. The average molecular weight is 827 g/mol. The molecule has 4 aromatic heterocycles. The Labute approximate surface area is 373 Å². The van der Waals surface area contributed by atoms with Gasteiger partial charge >= 0.3 is 0 Å². The van der Waals surface area contributed by atoms with Crippen LogP contribution in [-0.4, -0.2) is 20.9 Å². The number of nitrogens with zero attached hydrogens (tertiary/aromatic N) is 4. The lowest BCUT2D eigenvalue weighted by atomic mass is 9.89. The number of para-hydroxylation sites is 3. The van der Waals surface area contributed by atoms with Crippen LogP contribution in [-0.2, 0) is 0 Å². The minimum Gasteiger partial charge on any atom is -0.358 e. The SMILES string of the molecule is CC1=CC(N(c2ccc3c4cccc5c6cc7c(cc6n(c3c2)c45)c2cccc3c4ccc(N(c5cc(C)cc(C)c5)c5ccccc5C)cc4n7c32)C2C=CC=CC2C)CC(C)=C1. The number of aryl methyl sites for hydroxylation is 3. The van der Waals surface area contributed by atoms with Crippen molar-refractivity contribution < 1.29 is 0 Å². The van der Waals surface area contributed by atoms with Crippen molar-refractivity contribution in [2.75, 3.05) is 9.80 Å². The second-order valence-corrected chi connectivity index (χ2v) is 19.0.